The Bertz CT molecular complexity index is 601. The van der Waals surface area contributed by atoms with Crippen LogP contribution in [0.4, 0.5) is 5.82 Å². The molecule has 0 saturated heterocycles. The molecule has 0 radical (unpaired) electrons. The molecule has 2 aromatic rings. The number of amides is 1. The summed E-state index contributed by atoms with van der Waals surface area (Å²) >= 11 is 5.94. The molecule has 0 saturated carbocycles. The molecule has 0 bridgehead atoms. The number of hydrogen-bond donors (Lipinski definition) is 2. The molecule has 0 aliphatic heterocycles. The van der Waals surface area contributed by atoms with E-state index in [1.54, 1.807) is 12.1 Å². The molecule has 0 aliphatic carbocycles. The zero-order valence-electron chi connectivity index (χ0n) is 11.1. The van der Waals surface area contributed by atoms with Crippen LogP contribution in [-0.2, 0) is 0 Å². The first-order valence-corrected chi connectivity index (χ1v) is 6.71. The number of carbonyl (C=O) groups excluding carboxylic acids is 1. The lowest BCUT2D eigenvalue weighted by Crippen LogP contribution is -2.28. The number of nitrogens with one attached hydrogen (secondary N) is 1. The number of rotatable bonds is 4. The second-order valence-electron chi connectivity index (χ2n) is 4.59. The van der Waals surface area contributed by atoms with Crippen molar-refractivity contribution in [2.24, 2.45) is 0 Å². The lowest BCUT2D eigenvalue weighted by molar-refractivity contribution is 0.0947. The fourth-order valence-corrected chi connectivity index (χ4v) is 2.04. The largest absolute Gasteiger partial charge is 0.384 e. The molecular weight excluding hydrogens is 274 g/mol. The monoisotopic (exact) mass is 289 g/mol. The fraction of sp³-hybridized carbons (Fsp3) is 0.200. The molecular formula is C15H16ClN3O. The summed E-state index contributed by atoms with van der Waals surface area (Å²) in [5, 5.41) is 3.12. The van der Waals surface area contributed by atoms with Gasteiger partial charge in [0, 0.05) is 6.54 Å². The molecule has 0 spiro atoms. The van der Waals surface area contributed by atoms with E-state index in [1.807, 2.05) is 37.3 Å². The lowest BCUT2D eigenvalue weighted by atomic mass is 10.0. The van der Waals surface area contributed by atoms with Crippen LogP contribution in [0.2, 0.25) is 5.02 Å². The summed E-state index contributed by atoms with van der Waals surface area (Å²) in [6.07, 6.45) is 0. The summed E-state index contributed by atoms with van der Waals surface area (Å²) in [5.74, 6) is 0.167. The number of pyridine rings is 1. The summed E-state index contributed by atoms with van der Waals surface area (Å²) in [5.41, 5.74) is 6.89. The molecule has 0 fully saturated rings. The minimum atomic E-state index is -0.315. The van der Waals surface area contributed by atoms with Crippen LogP contribution in [0.25, 0.3) is 0 Å². The van der Waals surface area contributed by atoms with Gasteiger partial charge >= 0.3 is 0 Å². The first kappa shape index (κ1) is 14.3. The minimum absolute atomic E-state index is 0.159. The van der Waals surface area contributed by atoms with Crippen molar-refractivity contribution in [3.8, 4) is 0 Å². The average molecular weight is 290 g/mol. The molecule has 104 valence electrons. The zero-order chi connectivity index (χ0) is 14.5. The Morgan fingerprint density at radius 3 is 2.70 bits per heavy atom. The molecule has 2 rings (SSSR count). The van der Waals surface area contributed by atoms with E-state index in [0.717, 1.165) is 0 Å². The Hall–Kier alpha value is -2.07. The van der Waals surface area contributed by atoms with Crippen molar-refractivity contribution in [2.75, 3.05) is 12.3 Å². The number of carbonyl (C=O) groups is 1. The molecule has 0 aliphatic rings. The molecule has 1 unspecified atom stereocenters. The Balaban J connectivity index is 2.00. The maximum absolute atomic E-state index is 12.0. The van der Waals surface area contributed by atoms with Crippen molar-refractivity contribution < 1.29 is 4.79 Å². The van der Waals surface area contributed by atoms with Gasteiger partial charge in [-0.2, -0.15) is 0 Å². The van der Waals surface area contributed by atoms with Gasteiger partial charge in [0.1, 0.15) is 11.5 Å². The summed E-state index contributed by atoms with van der Waals surface area (Å²) in [4.78, 5) is 16.0. The van der Waals surface area contributed by atoms with Gasteiger partial charge in [-0.25, -0.2) is 4.98 Å². The number of aromatic nitrogens is 1. The lowest BCUT2D eigenvalue weighted by Gasteiger charge is -2.13. The van der Waals surface area contributed by atoms with Crippen LogP contribution in [0.5, 0.6) is 0 Å². The Kier molecular flexibility index (Phi) is 4.58. The second-order valence-corrected chi connectivity index (χ2v) is 5.00. The van der Waals surface area contributed by atoms with Crippen molar-refractivity contribution in [1.29, 1.82) is 0 Å². The summed E-state index contributed by atoms with van der Waals surface area (Å²) in [7, 11) is 0. The van der Waals surface area contributed by atoms with Crippen molar-refractivity contribution in [1.82, 2.24) is 10.3 Å². The molecule has 20 heavy (non-hydrogen) atoms. The topological polar surface area (TPSA) is 68.0 Å². The van der Waals surface area contributed by atoms with Gasteiger partial charge in [0.15, 0.2) is 0 Å². The zero-order valence-corrected chi connectivity index (χ0v) is 11.9. The van der Waals surface area contributed by atoms with Gasteiger partial charge in [-0.1, -0.05) is 48.9 Å². The van der Waals surface area contributed by atoms with Crippen molar-refractivity contribution >= 4 is 23.3 Å². The van der Waals surface area contributed by atoms with Gasteiger partial charge in [-0.3, -0.25) is 4.79 Å². The fourth-order valence-electron chi connectivity index (χ4n) is 1.85. The van der Waals surface area contributed by atoms with E-state index >= 15 is 0 Å². The van der Waals surface area contributed by atoms with E-state index in [-0.39, 0.29) is 23.3 Å². The van der Waals surface area contributed by atoms with Crippen LogP contribution in [0.1, 0.15) is 28.9 Å². The number of anilines is 1. The molecule has 5 heteroatoms. The standard InChI is InChI=1S/C15H16ClN3O/c1-10(11-5-3-2-4-6-11)9-18-15(20)14-12(16)7-8-13(17)19-14/h2-8,10H,9H2,1H3,(H2,17,19)(H,18,20). The molecule has 1 amide bonds. The van der Waals surface area contributed by atoms with E-state index in [4.69, 9.17) is 17.3 Å². The van der Waals surface area contributed by atoms with E-state index < -0.39 is 0 Å². The molecule has 3 N–H and O–H groups in total. The van der Waals surface area contributed by atoms with Gasteiger partial charge in [-0.05, 0) is 23.6 Å². The second kappa shape index (κ2) is 6.39. The highest BCUT2D eigenvalue weighted by molar-refractivity contribution is 6.33. The Labute approximate surface area is 123 Å². The van der Waals surface area contributed by atoms with E-state index in [1.165, 1.54) is 5.56 Å². The smallest absolute Gasteiger partial charge is 0.271 e. The van der Waals surface area contributed by atoms with Gasteiger partial charge in [-0.15, -0.1) is 0 Å². The molecule has 1 heterocycles. The van der Waals surface area contributed by atoms with Gasteiger partial charge in [0.25, 0.3) is 5.91 Å². The Morgan fingerprint density at radius 1 is 1.30 bits per heavy atom. The van der Waals surface area contributed by atoms with E-state index in [9.17, 15) is 4.79 Å². The van der Waals surface area contributed by atoms with Crippen LogP contribution in [-0.4, -0.2) is 17.4 Å². The first-order chi connectivity index (χ1) is 9.58. The maximum atomic E-state index is 12.0. The third kappa shape index (κ3) is 3.48. The number of benzene rings is 1. The Morgan fingerprint density at radius 2 is 2.00 bits per heavy atom. The van der Waals surface area contributed by atoms with Gasteiger partial charge in [0.2, 0.25) is 0 Å². The van der Waals surface area contributed by atoms with Gasteiger partial charge < -0.3 is 11.1 Å². The average Bonchev–Trinajstić information content (AvgIpc) is 2.47. The highest BCUT2D eigenvalue weighted by Gasteiger charge is 2.14. The summed E-state index contributed by atoms with van der Waals surface area (Å²) in [6, 6.07) is 13.1. The first-order valence-electron chi connectivity index (χ1n) is 6.33. The highest BCUT2D eigenvalue weighted by atomic mass is 35.5. The van der Waals surface area contributed by atoms with Gasteiger partial charge in [0.05, 0.1) is 5.02 Å². The quantitative estimate of drug-likeness (QED) is 0.909. The van der Waals surface area contributed by atoms with Crippen LogP contribution in [0.15, 0.2) is 42.5 Å². The van der Waals surface area contributed by atoms with Crippen molar-refractivity contribution in [3.63, 3.8) is 0 Å². The molecule has 1 aromatic carbocycles. The van der Waals surface area contributed by atoms with Crippen LogP contribution < -0.4 is 11.1 Å². The number of nitrogen functional groups attached to an aromatic ring is 1. The van der Waals surface area contributed by atoms with E-state index in [2.05, 4.69) is 10.3 Å². The number of halogens is 1. The van der Waals surface area contributed by atoms with Crippen molar-refractivity contribution in [3.05, 3.63) is 58.7 Å². The third-order valence-corrected chi connectivity index (χ3v) is 3.33. The van der Waals surface area contributed by atoms with Crippen LogP contribution >= 0.6 is 11.6 Å². The molecule has 1 aromatic heterocycles. The van der Waals surface area contributed by atoms with Crippen LogP contribution in [0.3, 0.4) is 0 Å². The predicted octanol–water partition coefficient (Wildman–Crippen LogP) is 2.85. The molecule has 1 atom stereocenters. The molecule has 4 nitrogen and oxygen atoms in total. The SMILES string of the molecule is CC(CNC(=O)c1nc(N)ccc1Cl)c1ccccc1. The number of nitrogens with two attached hydrogens (primary N) is 1. The third-order valence-electron chi connectivity index (χ3n) is 3.02. The van der Waals surface area contributed by atoms with Crippen molar-refractivity contribution in [2.45, 2.75) is 12.8 Å². The summed E-state index contributed by atoms with van der Waals surface area (Å²) < 4.78 is 0. The predicted molar refractivity (Wildman–Crippen MR) is 80.8 cm³/mol. The van der Waals surface area contributed by atoms with Crippen LogP contribution in [0, 0.1) is 0 Å². The van der Waals surface area contributed by atoms with E-state index in [0.29, 0.717) is 11.6 Å². The number of hydrogen-bond acceptors (Lipinski definition) is 3. The number of nitrogens with zero attached hydrogens (tertiary/aromatic N) is 1. The maximum Gasteiger partial charge on any atom is 0.271 e. The normalized spacial score (nSPS) is 11.9. The minimum Gasteiger partial charge on any atom is -0.384 e. The highest BCUT2D eigenvalue weighted by Crippen LogP contribution is 2.16. The summed E-state index contributed by atoms with van der Waals surface area (Å²) in [6.45, 7) is 2.56.